The standard InChI is InChI=1S/C20H29FN2O5S/c1-14(2)23(15(3)4)19(24)13-28-20(25)16-8-9-17(21)18(12-16)29(26,27)22-10-6-5-7-11-22/h8-9,12,14-15H,5-7,10-11,13H2,1-4H3. The summed E-state index contributed by atoms with van der Waals surface area (Å²) >= 11 is 0. The van der Waals surface area contributed by atoms with Gasteiger partial charge in [0, 0.05) is 25.2 Å². The van der Waals surface area contributed by atoms with Crippen molar-refractivity contribution in [2.24, 2.45) is 0 Å². The third-order valence-electron chi connectivity index (χ3n) is 4.83. The SMILES string of the molecule is CC(C)N(C(=O)COC(=O)c1ccc(F)c(S(=O)(=O)N2CCCCC2)c1)C(C)C. The van der Waals surface area contributed by atoms with Gasteiger partial charge in [-0.2, -0.15) is 4.31 Å². The van der Waals surface area contributed by atoms with E-state index < -0.39 is 33.3 Å². The summed E-state index contributed by atoms with van der Waals surface area (Å²) in [4.78, 5) is 25.7. The second-order valence-electron chi connectivity index (χ2n) is 7.67. The van der Waals surface area contributed by atoms with Crippen molar-refractivity contribution in [3.8, 4) is 0 Å². The minimum absolute atomic E-state index is 0.0617. The van der Waals surface area contributed by atoms with Gasteiger partial charge in [-0.1, -0.05) is 6.42 Å². The van der Waals surface area contributed by atoms with Gasteiger partial charge in [-0.3, -0.25) is 4.79 Å². The van der Waals surface area contributed by atoms with Gasteiger partial charge in [-0.25, -0.2) is 17.6 Å². The van der Waals surface area contributed by atoms with Crippen molar-refractivity contribution in [1.29, 1.82) is 0 Å². The molecule has 1 heterocycles. The van der Waals surface area contributed by atoms with E-state index in [1.54, 1.807) is 4.90 Å². The van der Waals surface area contributed by atoms with Gasteiger partial charge in [0.15, 0.2) is 6.61 Å². The Bertz CT molecular complexity index is 840. The molecule has 0 aliphatic carbocycles. The monoisotopic (exact) mass is 428 g/mol. The van der Waals surface area contributed by atoms with Gasteiger partial charge in [0.2, 0.25) is 10.0 Å². The first-order valence-corrected chi connectivity index (χ1v) is 11.3. The Labute approximate surface area is 171 Å². The largest absolute Gasteiger partial charge is 0.452 e. The average molecular weight is 429 g/mol. The van der Waals surface area contributed by atoms with E-state index in [1.807, 2.05) is 27.7 Å². The molecule has 1 amide bonds. The number of rotatable bonds is 7. The summed E-state index contributed by atoms with van der Waals surface area (Å²) in [6.45, 7) is 7.61. The highest BCUT2D eigenvalue weighted by Gasteiger charge is 2.30. The lowest BCUT2D eigenvalue weighted by molar-refractivity contribution is -0.138. The van der Waals surface area contributed by atoms with Gasteiger partial charge < -0.3 is 9.64 Å². The highest BCUT2D eigenvalue weighted by Crippen LogP contribution is 2.24. The molecular weight excluding hydrogens is 399 g/mol. The van der Waals surface area contributed by atoms with Crippen LogP contribution in [0.1, 0.15) is 57.3 Å². The molecule has 1 aromatic carbocycles. The molecule has 0 unspecified atom stereocenters. The summed E-state index contributed by atoms with van der Waals surface area (Å²) in [5.74, 6) is -2.15. The second kappa shape index (κ2) is 9.67. The van der Waals surface area contributed by atoms with Crippen molar-refractivity contribution in [1.82, 2.24) is 9.21 Å². The number of piperidine rings is 1. The van der Waals surface area contributed by atoms with Crippen LogP contribution in [0.4, 0.5) is 4.39 Å². The third-order valence-corrected chi connectivity index (χ3v) is 6.74. The molecule has 0 N–H and O–H groups in total. The van der Waals surface area contributed by atoms with E-state index in [0.29, 0.717) is 25.9 Å². The Hall–Kier alpha value is -2.00. The van der Waals surface area contributed by atoms with Crippen LogP contribution < -0.4 is 0 Å². The molecule has 29 heavy (non-hydrogen) atoms. The number of benzene rings is 1. The van der Waals surface area contributed by atoms with Gasteiger partial charge in [-0.15, -0.1) is 0 Å². The maximum Gasteiger partial charge on any atom is 0.338 e. The molecule has 1 aromatic rings. The molecule has 0 bridgehead atoms. The highest BCUT2D eigenvalue weighted by atomic mass is 32.2. The summed E-state index contributed by atoms with van der Waals surface area (Å²) in [5.41, 5.74) is -0.115. The third kappa shape index (κ3) is 5.54. The van der Waals surface area contributed by atoms with Crippen molar-refractivity contribution >= 4 is 21.9 Å². The fourth-order valence-electron chi connectivity index (χ4n) is 3.53. The van der Waals surface area contributed by atoms with Gasteiger partial charge in [0.25, 0.3) is 5.91 Å². The highest BCUT2D eigenvalue weighted by molar-refractivity contribution is 7.89. The Morgan fingerprint density at radius 3 is 2.24 bits per heavy atom. The first-order chi connectivity index (χ1) is 13.6. The van der Waals surface area contributed by atoms with Gasteiger partial charge >= 0.3 is 5.97 Å². The predicted molar refractivity (Wildman–Crippen MR) is 106 cm³/mol. The second-order valence-corrected chi connectivity index (χ2v) is 9.58. The van der Waals surface area contributed by atoms with Crippen LogP contribution in [-0.2, 0) is 19.6 Å². The maximum atomic E-state index is 14.3. The lowest BCUT2D eigenvalue weighted by Gasteiger charge is -2.30. The Kier molecular flexibility index (Phi) is 7.76. The number of ether oxygens (including phenoxy) is 1. The first-order valence-electron chi connectivity index (χ1n) is 9.83. The number of carbonyl (C=O) groups is 2. The maximum absolute atomic E-state index is 14.3. The number of sulfonamides is 1. The van der Waals surface area contributed by atoms with Gasteiger partial charge in [0.05, 0.1) is 5.56 Å². The van der Waals surface area contributed by atoms with E-state index in [-0.39, 0.29) is 23.6 Å². The Morgan fingerprint density at radius 1 is 1.10 bits per heavy atom. The van der Waals surface area contributed by atoms with Crippen LogP contribution in [0.25, 0.3) is 0 Å². The minimum atomic E-state index is -4.04. The van der Waals surface area contributed by atoms with E-state index >= 15 is 0 Å². The Morgan fingerprint density at radius 2 is 1.69 bits per heavy atom. The lowest BCUT2D eigenvalue weighted by Crippen LogP contribution is -2.44. The molecule has 0 saturated carbocycles. The van der Waals surface area contributed by atoms with E-state index in [1.165, 1.54) is 4.31 Å². The van der Waals surface area contributed by atoms with Crippen molar-refractivity contribution in [2.45, 2.75) is 63.9 Å². The summed E-state index contributed by atoms with van der Waals surface area (Å²) in [7, 11) is -4.04. The molecule has 1 fully saturated rings. The van der Waals surface area contributed by atoms with E-state index in [9.17, 15) is 22.4 Å². The molecule has 0 spiro atoms. The van der Waals surface area contributed by atoms with E-state index in [0.717, 1.165) is 24.6 Å². The van der Waals surface area contributed by atoms with Crippen LogP contribution in [0, 0.1) is 5.82 Å². The molecule has 1 saturated heterocycles. The number of carbonyl (C=O) groups excluding carboxylic acids is 2. The zero-order chi connectivity index (χ0) is 21.8. The molecule has 2 rings (SSSR count). The van der Waals surface area contributed by atoms with Crippen molar-refractivity contribution < 1.29 is 27.1 Å². The quantitative estimate of drug-likeness (QED) is 0.624. The average Bonchev–Trinajstić information content (AvgIpc) is 2.66. The van der Waals surface area contributed by atoms with Gasteiger partial charge in [-0.05, 0) is 58.7 Å². The fraction of sp³-hybridized carbons (Fsp3) is 0.600. The number of hydrogen-bond donors (Lipinski definition) is 0. The van der Waals surface area contributed by atoms with Crippen LogP contribution in [-0.4, -0.2) is 61.3 Å². The van der Waals surface area contributed by atoms with Crippen molar-refractivity contribution in [3.05, 3.63) is 29.6 Å². The van der Waals surface area contributed by atoms with Crippen molar-refractivity contribution in [3.63, 3.8) is 0 Å². The van der Waals surface area contributed by atoms with E-state index in [4.69, 9.17) is 4.74 Å². The Balaban J connectivity index is 2.16. The van der Waals surface area contributed by atoms with E-state index in [2.05, 4.69) is 0 Å². The normalized spacial score (nSPS) is 15.6. The summed E-state index contributed by atoms with van der Waals surface area (Å²) in [6.07, 6.45) is 2.36. The van der Waals surface area contributed by atoms with Crippen LogP contribution >= 0.6 is 0 Å². The van der Waals surface area contributed by atoms with Crippen LogP contribution in [0.5, 0.6) is 0 Å². The minimum Gasteiger partial charge on any atom is -0.452 e. The molecular formula is C20H29FN2O5S. The number of hydrogen-bond acceptors (Lipinski definition) is 5. The molecule has 1 aliphatic heterocycles. The molecule has 0 aromatic heterocycles. The summed E-state index contributed by atoms with van der Waals surface area (Å²) < 4.78 is 46.1. The molecule has 1 aliphatic rings. The topological polar surface area (TPSA) is 84.0 Å². The van der Waals surface area contributed by atoms with Gasteiger partial charge in [0.1, 0.15) is 10.7 Å². The number of halogens is 1. The van der Waals surface area contributed by atoms with Crippen LogP contribution in [0.15, 0.2) is 23.1 Å². The van der Waals surface area contributed by atoms with Crippen LogP contribution in [0.2, 0.25) is 0 Å². The van der Waals surface area contributed by atoms with Crippen LogP contribution in [0.3, 0.4) is 0 Å². The molecule has 162 valence electrons. The summed E-state index contributed by atoms with van der Waals surface area (Å²) in [5, 5.41) is 0. The molecule has 7 nitrogen and oxygen atoms in total. The zero-order valence-corrected chi connectivity index (χ0v) is 18.2. The number of esters is 1. The summed E-state index contributed by atoms with van der Waals surface area (Å²) in [6, 6.07) is 2.94. The molecule has 0 radical (unpaired) electrons. The number of nitrogens with zero attached hydrogens (tertiary/aromatic N) is 2. The fourth-order valence-corrected chi connectivity index (χ4v) is 5.14. The van der Waals surface area contributed by atoms with Crippen molar-refractivity contribution in [2.75, 3.05) is 19.7 Å². The molecule has 0 atom stereocenters. The lowest BCUT2D eigenvalue weighted by atomic mass is 10.2. The zero-order valence-electron chi connectivity index (χ0n) is 17.4. The molecule has 9 heteroatoms. The number of amides is 1. The first kappa shape index (κ1) is 23.3. The predicted octanol–water partition coefficient (Wildman–Crippen LogP) is 2.80. The smallest absolute Gasteiger partial charge is 0.338 e.